The van der Waals surface area contributed by atoms with Gasteiger partial charge in [0.15, 0.2) is 0 Å². The third kappa shape index (κ3) is 5.40. The highest BCUT2D eigenvalue weighted by Crippen LogP contribution is 2.14. The Labute approximate surface area is 166 Å². The van der Waals surface area contributed by atoms with E-state index >= 15 is 0 Å². The summed E-state index contributed by atoms with van der Waals surface area (Å²) < 4.78 is 31.4. The molecule has 0 radical (unpaired) electrons. The quantitative estimate of drug-likeness (QED) is 0.770. The number of rotatable bonds is 6. The Bertz CT molecular complexity index is 878. The summed E-state index contributed by atoms with van der Waals surface area (Å²) in [4.78, 5) is 37.9. The molecule has 29 heavy (non-hydrogen) atoms. The van der Waals surface area contributed by atoms with Crippen molar-refractivity contribution in [3.8, 4) is 0 Å². The first-order chi connectivity index (χ1) is 13.9. The van der Waals surface area contributed by atoms with Gasteiger partial charge in [-0.05, 0) is 31.0 Å². The second-order valence-electron chi connectivity index (χ2n) is 6.78. The van der Waals surface area contributed by atoms with Crippen molar-refractivity contribution in [2.45, 2.75) is 25.3 Å². The highest BCUT2D eigenvalue weighted by Gasteiger charge is 2.25. The zero-order valence-electron chi connectivity index (χ0n) is 15.6. The topological polar surface area (TPSA) is 91.7 Å². The first-order valence-electron chi connectivity index (χ1n) is 9.28. The predicted octanol–water partition coefficient (Wildman–Crippen LogP) is 2.10. The molecule has 1 fully saturated rings. The van der Waals surface area contributed by atoms with Crippen LogP contribution in [0.15, 0.2) is 41.2 Å². The SMILES string of the molecule is O=C(CCNC(=O)c1ccc(F)cc1F)NC1CCN(C(=O)c2ccoc2)CC1. The fraction of sp³-hybridized carbons (Fsp3) is 0.350. The molecule has 7 nitrogen and oxygen atoms in total. The zero-order valence-corrected chi connectivity index (χ0v) is 15.6. The monoisotopic (exact) mass is 405 g/mol. The molecular weight excluding hydrogens is 384 g/mol. The Balaban J connectivity index is 1.37. The van der Waals surface area contributed by atoms with Crippen LogP contribution in [-0.4, -0.2) is 48.3 Å². The van der Waals surface area contributed by atoms with Crippen molar-refractivity contribution in [1.82, 2.24) is 15.5 Å². The molecule has 1 aromatic carbocycles. The summed E-state index contributed by atoms with van der Waals surface area (Å²) in [5.74, 6) is -2.77. The second kappa shape index (κ2) is 9.31. The van der Waals surface area contributed by atoms with Crippen molar-refractivity contribution < 1.29 is 27.6 Å². The summed E-state index contributed by atoms with van der Waals surface area (Å²) in [6.45, 7) is 1.07. The Morgan fingerprint density at radius 3 is 2.55 bits per heavy atom. The molecule has 2 aromatic rings. The van der Waals surface area contributed by atoms with Gasteiger partial charge in [-0.1, -0.05) is 0 Å². The van der Waals surface area contributed by atoms with Gasteiger partial charge >= 0.3 is 0 Å². The number of likely N-dealkylation sites (tertiary alicyclic amines) is 1. The average molecular weight is 405 g/mol. The molecule has 3 amide bonds. The second-order valence-corrected chi connectivity index (χ2v) is 6.78. The Morgan fingerprint density at radius 2 is 1.90 bits per heavy atom. The first kappa shape index (κ1) is 20.5. The van der Waals surface area contributed by atoms with Crippen LogP contribution < -0.4 is 10.6 Å². The molecule has 9 heteroatoms. The van der Waals surface area contributed by atoms with Gasteiger partial charge in [0.05, 0.1) is 17.4 Å². The van der Waals surface area contributed by atoms with Crippen LogP contribution in [0.1, 0.15) is 40.0 Å². The molecule has 2 heterocycles. The summed E-state index contributed by atoms with van der Waals surface area (Å²) in [7, 11) is 0. The van der Waals surface area contributed by atoms with Crippen LogP contribution in [0.25, 0.3) is 0 Å². The number of hydrogen-bond donors (Lipinski definition) is 2. The Hall–Kier alpha value is -3.23. The fourth-order valence-electron chi connectivity index (χ4n) is 3.15. The molecule has 0 saturated carbocycles. The van der Waals surface area contributed by atoms with Gasteiger partial charge in [0.25, 0.3) is 11.8 Å². The van der Waals surface area contributed by atoms with E-state index in [0.717, 1.165) is 12.1 Å². The lowest BCUT2D eigenvalue weighted by molar-refractivity contribution is -0.121. The van der Waals surface area contributed by atoms with Crippen molar-refractivity contribution in [3.63, 3.8) is 0 Å². The van der Waals surface area contributed by atoms with E-state index in [1.54, 1.807) is 11.0 Å². The molecule has 0 bridgehead atoms. The van der Waals surface area contributed by atoms with Crippen molar-refractivity contribution in [1.29, 1.82) is 0 Å². The molecule has 154 valence electrons. The summed E-state index contributed by atoms with van der Waals surface area (Å²) in [5, 5.41) is 5.32. The van der Waals surface area contributed by atoms with Crippen molar-refractivity contribution >= 4 is 17.7 Å². The maximum Gasteiger partial charge on any atom is 0.257 e. The average Bonchev–Trinajstić information content (AvgIpc) is 3.22. The maximum atomic E-state index is 13.6. The maximum absolute atomic E-state index is 13.6. The number of carbonyl (C=O) groups is 3. The molecular formula is C20H21F2N3O4. The molecule has 1 saturated heterocycles. The predicted molar refractivity (Wildman–Crippen MR) is 99.1 cm³/mol. The van der Waals surface area contributed by atoms with Gasteiger partial charge in [-0.2, -0.15) is 0 Å². The number of nitrogens with one attached hydrogen (secondary N) is 2. The standard InChI is InChI=1S/C20H21F2N3O4/c21-14-1-2-16(17(22)11-14)19(27)23-7-3-18(26)24-15-4-8-25(9-5-15)20(28)13-6-10-29-12-13/h1-2,6,10-12,15H,3-5,7-9H2,(H,23,27)(H,24,26). The van der Waals surface area contributed by atoms with E-state index in [1.807, 2.05) is 0 Å². The van der Waals surface area contributed by atoms with Crippen LogP contribution in [0.4, 0.5) is 8.78 Å². The van der Waals surface area contributed by atoms with Crippen LogP contribution in [0.5, 0.6) is 0 Å². The van der Waals surface area contributed by atoms with E-state index in [2.05, 4.69) is 10.6 Å². The number of halogens is 2. The van der Waals surface area contributed by atoms with Gasteiger partial charge in [0.1, 0.15) is 17.9 Å². The smallest absolute Gasteiger partial charge is 0.257 e. The summed E-state index contributed by atoms with van der Waals surface area (Å²) in [6, 6.07) is 4.24. The molecule has 0 aliphatic carbocycles. The van der Waals surface area contributed by atoms with E-state index in [-0.39, 0.29) is 36.4 Å². The van der Waals surface area contributed by atoms with Gasteiger partial charge in [0.2, 0.25) is 5.91 Å². The molecule has 1 aliphatic rings. The van der Waals surface area contributed by atoms with Crippen LogP contribution in [-0.2, 0) is 4.79 Å². The van der Waals surface area contributed by atoms with Gasteiger partial charge in [0, 0.05) is 38.2 Å². The third-order valence-corrected chi connectivity index (χ3v) is 4.73. The summed E-state index contributed by atoms with van der Waals surface area (Å²) in [6.07, 6.45) is 4.14. The molecule has 1 aliphatic heterocycles. The van der Waals surface area contributed by atoms with Gasteiger partial charge < -0.3 is 20.0 Å². The minimum Gasteiger partial charge on any atom is -0.472 e. The number of amides is 3. The van der Waals surface area contributed by atoms with Crippen LogP contribution in [0, 0.1) is 11.6 Å². The molecule has 0 spiro atoms. The lowest BCUT2D eigenvalue weighted by Crippen LogP contribution is -2.47. The first-order valence-corrected chi connectivity index (χ1v) is 9.28. The minimum atomic E-state index is -0.955. The van der Waals surface area contributed by atoms with E-state index in [4.69, 9.17) is 4.42 Å². The minimum absolute atomic E-state index is 0.0271. The summed E-state index contributed by atoms with van der Waals surface area (Å²) in [5.41, 5.74) is 0.224. The number of furan rings is 1. The van der Waals surface area contributed by atoms with Crippen molar-refractivity contribution in [3.05, 3.63) is 59.6 Å². The van der Waals surface area contributed by atoms with Crippen LogP contribution in [0.2, 0.25) is 0 Å². The van der Waals surface area contributed by atoms with Crippen LogP contribution in [0.3, 0.4) is 0 Å². The van der Waals surface area contributed by atoms with Gasteiger partial charge in [-0.3, -0.25) is 14.4 Å². The number of carbonyl (C=O) groups excluding carboxylic acids is 3. The third-order valence-electron chi connectivity index (χ3n) is 4.73. The van der Waals surface area contributed by atoms with E-state index < -0.39 is 17.5 Å². The van der Waals surface area contributed by atoms with Gasteiger partial charge in [-0.25, -0.2) is 8.78 Å². The van der Waals surface area contributed by atoms with E-state index in [0.29, 0.717) is 37.6 Å². The fourth-order valence-corrected chi connectivity index (χ4v) is 3.15. The van der Waals surface area contributed by atoms with E-state index in [9.17, 15) is 23.2 Å². The van der Waals surface area contributed by atoms with Gasteiger partial charge in [-0.15, -0.1) is 0 Å². The number of hydrogen-bond acceptors (Lipinski definition) is 4. The lowest BCUT2D eigenvalue weighted by Gasteiger charge is -2.32. The highest BCUT2D eigenvalue weighted by atomic mass is 19.1. The largest absolute Gasteiger partial charge is 0.472 e. The molecule has 1 aromatic heterocycles. The number of benzene rings is 1. The molecule has 0 unspecified atom stereocenters. The Kier molecular flexibility index (Phi) is 6.58. The zero-order chi connectivity index (χ0) is 20.8. The Morgan fingerprint density at radius 1 is 1.14 bits per heavy atom. The normalized spacial score (nSPS) is 14.5. The number of piperidine rings is 1. The number of nitrogens with zero attached hydrogens (tertiary/aromatic N) is 1. The molecule has 2 N–H and O–H groups in total. The highest BCUT2D eigenvalue weighted by molar-refractivity contribution is 5.95. The molecule has 0 atom stereocenters. The molecule has 3 rings (SSSR count). The van der Waals surface area contributed by atoms with Crippen molar-refractivity contribution in [2.75, 3.05) is 19.6 Å². The van der Waals surface area contributed by atoms with Crippen LogP contribution >= 0.6 is 0 Å². The summed E-state index contributed by atoms with van der Waals surface area (Å²) >= 11 is 0. The lowest BCUT2D eigenvalue weighted by atomic mass is 10.0. The van der Waals surface area contributed by atoms with Crippen molar-refractivity contribution in [2.24, 2.45) is 0 Å². The van der Waals surface area contributed by atoms with E-state index in [1.165, 1.54) is 12.5 Å².